The van der Waals surface area contributed by atoms with E-state index in [0.29, 0.717) is 6.20 Å². The van der Waals surface area contributed by atoms with Crippen LogP contribution in [0.2, 0.25) is 0 Å². The van der Waals surface area contributed by atoms with E-state index in [1.54, 1.807) is 10.00 Å². The molecule has 0 radical (unpaired) electrons. The Morgan fingerprint density at radius 1 is 1.09 bits per heavy atom. The number of aromatic amines is 1. The number of anilines is 2. The molecule has 0 unspecified atom stereocenters. The number of nitrogens with zero attached hydrogens (tertiary/aromatic N) is 5. The number of nitrogens with one attached hydrogen (secondary N) is 2. The fourth-order valence-electron chi connectivity index (χ4n) is 5.20. The van der Waals surface area contributed by atoms with Crippen molar-refractivity contribution in [1.82, 2.24) is 25.0 Å². The van der Waals surface area contributed by atoms with Crippen molar-refractivity contribution < 1.29 is 49.0 Å². The first kappa shape index (κ1) is 33.3. The summed E-state index contributed by atoms with van der Waals surface area (Å²) < 4.78 is 125. The zero-order valence-electron chi connectivity index (χ0n) is 23.1. The Labute approximate surface area is 244 Å². The smallest absolute Gasteiger partial charge is 0.379 e. The number of ether oxygens (including phenoxy) is 1. The second-order valence-corrected chi connectivity index (χ2v) is 10.5. The van der Waals surface area contributed by atoms with Crippen LogP contribution in [0.25, 0.3) is 0 Å². The van der Waals surface area contributed by atoms with E-state index in [1.807, 2.05) is 0 Å². The third-order valence-electron chi connectivity index (χ3n) is 7.01. The van der Waals surface area contributed by atoms with Gasteiger partial charge >= 0.3 is 18.5 Å². The van der Waals surface area contributed by atoms with Crippen LogP contribution in [0.1, 0.15) is 30.0 Å². The van der Waals surface area contributed by atoms with Gasteiger partial charge in [0.2, 0.25) is 5.91 Å². The molecular weight excluding hydrogens is 617 g/mol. The molecule has 0 bridgehead atoms. The van der Waals surface area contributed by atoms with Crippen molar-refractivity contribution >= 4 is 17.4 Å². The van der Waals surface area contributed by atoms with Crippen LogP contribution in [0.4, 0.5) is 51.0 Å². The molecule has 0 aliphatic carbocycles. The molecule has 0 aromatic carbocycles. The summed E-state index contributed by atoms with van der Waals surface area (Å²) in [5.41, 5.74) is -4.48. The van der Waals surface area contributed by atoms with E-state index in [1.165, 1.54) is 11.8 Å². The molecule has 1 fully saturated rings. The quantitative estimate of drug-likeness (QED) is 0.332. The van der Waals surface area contributed by atoms with Gasteiger partial charge in [0.1, 0.15) is 11.4 Å². The van der Waals surface area contributed by atoms with Gasteiger partial charge in [-0.1, -0.05) is 0 Å². The maximum absolute atomic E-state index is 13.3. The van der Waals surface area contributed by atoms with Crippen molar-refractivity contribution in [2.75, 3.05) is 56.2 Å². The van der Waals surface area contributed by atoms with Gasteiger partial charge in [0, 0.05) is 50.5 Å². The van der Waals surface area contributed by atoms with Gasteiger partial charge in [0.15, 0.2) is 0 Å². The van der Waals surface area contributed by atoms with E-state index in [-0.39, 0.29) is 57.2 Å². The molecule has 2 aromatic rings. The normalized spacial score (nSPS) is 18.8. The van der Waals surface area contributed by atoms with Crippen LogP contribution < -0.4 is 15.8 Å². The first-order valence-corrected chi connectivity index (χ1v) is 13.3. The van der Waals surface area contributed by atoms with Crippen LogP contribution in [-0.4, -0.2) is 95.1 Å². The minimum atomic E-state index is -4.93. The molecular formula is C25H28F9N7O3. The number of carbonyl (C=O) groups is 1. The molecule has 4 rings (SSSR count). The van der Waals surface area contributed by atoms with Crippen molar-refractivity contribution in [3.05, 3.63) is 45.5 Å². The second-order valence-electron chi connectivity index (χ2n) is 10.5. The van der Waals surface area contributed by atoms with Gasteiger partial charge in [-0.05, 0) is 13.0 Å². The van der Waals surface area contributed by atoms with E-state index in [9.17, 15) is 49.1 Å². The van der Waals surface area contributed by atoms with Crippen molar-refractivity contribution in [3.63, 3.8) is 0 Å². The van der Waals surface area contributed by atoms with Crippen LogP contribution in [0, 0.1) is 0 Å². The highest BCUT2D eigenvalue weighted by Crippen LogP contribution is 2.35. The highest BCUT2D eigenvalue weighted by Gasteiger charge is 2.41. The molecule has 19 heteroatoms. The molecule has 1 saturated heterocycles. The zero-order chi connectivity index (χ0) is 32.4. The molecule has 4 heterocycles. The average molecular weight is 646 g/mol. The maximum atomic E-state index is 13.3. The van der Waals surface area contributed by atoms with Gasteiger partial charge in [0.25, 0.3) is 5.56 Å². The maximum Gasteiger partial charge on any atom is 0.423 e. The molecule has 2 aliphatic rings. The number of carbonyl (C=O) groups excluding carboxylic acids is 1. The van der Waals surface area contributed by atoms with Crippen LogP contribution in [0.3, 0.4) is 0 Å². The Morgan fingerprint density at radius 2 is 1.82 bits per heavy atom. The Bertz CT molecular complexity index is 1380. The number of fused-ring (bicyclic) bond motifs is 3. The van der Waals surface area contributed by atoms with Crippen molar-refractivity contribution in [1.29, 1.82) is 0 Å². The van der Waals surface area contributed by atoms with E-state index in [2.05, 4.69) is 15.4 Å². The van der Waals surface area contributed by atoms with Gasteiger partial charge in [-0.25, -0.2) is 10.1 Å². The Balaban J connectivity index is 1.35. The number of hydrogen-bond acceptors (Lipinski definition) is 8. The summed E-state index contributed by atoms with van der Waals surface area (Å²) in [7, 11) is 0. The summed E-state index contributed by atoms with van der Waals surface area (Å²) in [4.78, 5) is 32.5. The summed E-state index contributed by atoms with van der Waals surface area (Å²) in [6, 6.07) is -0.597. The summed E-state index contributed by atoms with van der Waals surface area (Å²) in [5, 5.41) is 7.59. The van der Waals surface area contributed by atoms with E-state index >= 15 is 0 Å². The van der Waals surface area contributed by atoms with Crippen LogP contribution in [0.5, 0.6) is 0 Å². The Hall–Kier alpha value is -3.61. The van der Waals surface area contributed by atoms with E-state index in [0.717, 1.165) is 17.2 Å². The third kappa shape index (κ3) is 8.30. The van der Waals surface area contributed by atoms with Crippen LogP contribution in [-0.2, 0) is 28.4 Å². The number of amides is 1. The fraction of sp³-hybridized carbons (Fsp3) is 0.600. The lowest BCUT2D eigenvalue weighted by atomic mass is 10.1. The van der Waals surface area contributed by atoms with Gasteiger partial charge in [-0.3, -0.25) is 14.5 Å². The lowest BCUT2D eigenvalue weighted by Crippen LogP contribution is -2.58. The number of alkyl halides is 9. The van der Waals surface area contributed by atoms with E-state index < -0.39 is 72.0 Å². The standard InChI is InChI=1S/C25H28F9N7O3/c1-14(37-18-8-36-38-22(43)20(18)25(32,33)34)12-44-5-2-19(42)40-3-4-41-17(11-40)10-39(13-23(26,27)28)9-15-6-16(24(29,30)31)7-35-21(15)41/h6-8,14,17H,2-5,9-13H2,1H3,(H2,37,38,43)/t14-,17-/m0/s1. The number of H-pyrrole nitrogens is 1. The summed E-state index contributed by atoms with van der Waals surface area (Å²) in [5.74, 6) is -0.260. The van der Waals surface area contributed by atoms with Gasteiger partial charge in [0.05, 0.1) is 49.7 Å². The number of aromatic nitrogens is 3. The largest absolute Gasteiger partial charge is 0.423 e. The van der Waals surface area contributed by atoms with Crippen LogP contribution in [0.15, 0.2) is 23.3 Å². The molecule has 44 heavy (non-hydrogen) atoms. The molecule has 2 atom stereocenters. The second kappa shape index (κ2) is 12.8. The molecule has 244 valence electrons. The van der Waals surface area contributed by atoms with Gasteiger partial charge in [-0.15, -0.1) is 0 Å². The van der Waals surface area contributed by atoms with Gasteiger partial charge < -0.3 is 19.9 Å². The highest BCUT2D eigenvalue weighted by atomic mass is 19.4. The lowest BCUT2D eigenvalue weighted by molar-refractivity contribution is -0.148. The molecule has 0 spiro atoms. The van der Waals surface area contributed by atoms with E-state index in [4.69, 9.17) is 4.74 Å². The highest BCUT2D eigenvalue weighted by molar-refractivity contribution is 5.76. The van der Waals surface area contributed by atoms with Crippen molar-refractivity contribution in [3.8, 4) is 0 Å². The van der Waals surface area contributed by atoms with Crippen molar-refractivity contribution in [2.45, 2.75) is 50.5 Å². The first-order chi connectivity index (χ1) is 20.4. The van der Waals surface area contributed by atoms with Crippen molar-refractivity contribution in [2.24, 2.45) is 0 Å². The predicted molar refractivity (Wildman–Crippen MR) is 137 cm³/mol. The molecule has 2 aliphatic heterocycles. The Kier molecular flexibility index (Phi) is 9.67. The monoisotopic (exact) mass is 645 g/mol. The summed E-state index contributed by atoms with van der Waals surface area (Å²) >= 11 is 0. The molecule has 0 saturated carbocycles. The lowest BCUT2D eigenvalue weighted by Gasteiger charge is -2.42. The molecule has 2 aromatic heterocycles. The van der Waals surface area contributed by atoms with Gasteiger partial charge in [-0.2, -0.15) is 44.6 Å². The number of hydrogen-bond donors (Lipinski definition) is 2. The topological polar surface area (TPSA) is 107 Å². The first-order valence-electron chi connectivity index (χ1n) is 13.3. The third-order valence-corrected chi connectivity index (χ3v) is 7.01. The predicted octanol–water partition coefficient (Wildman–Crippen LogP) is 3.50. The minimum absolute atomic E-state index is 0.000672. The average Bonchev–Trinajstić information content (AvgIpc) is 3.03. The number of rotatable bonds is 8. The number of halogens is 9. The molecule has 1 amide bonds. The SMILES string of the molecule is C[C@@H](COCCC(=O)N1CCN2c3ncc(C(F)(F)F)cc3CN(CC(F)(F)F)C[C@H]2C1)Nc1cn[nH]c(=O)c1C(F)(F)F. The molecule has 2 N–H and O–H groups in total. The number of pyridine rings is 1. The Morgan fingerprint density at radius 3 is 2.48 bits per heavy atom. The minimum Gasteiger partial charge on any atom is -0.379 e. The molecule has 10 nitrogen and oxygen atoms in total. The zero-order valence-corrected chi connectivity index (χ0v) is 23.1. The summed E-state index contributed by atoms with van der Waals surface area (Å²) in [6.07, 6.45) is -13.0. The van der Waals surface area contributed by atoms with Crippen LogP contribution >= 0.6 is 0 Å². The summed E-state index contributed by atoms with van der Waals surface area (Å²) in [6.45, 7) is -0.488. The number of piperazine rings is 1. The fourth-order valence-corrected chi connectivity index (χ4v) is 5.20.